The second-order valence-corrected chi connectivity index (χ2v) is 6.57. The third-order valence-electron chi connectivity index (χ3n) is 4.24. The Bertz CT molecular complexity index is 643. The lowest BCUT2D eigenvalue weighted by molar-refractivity contribution is -0.145. The van der Waals surface area contributed by atoms with Crippen LogP contribution in [0.1, 0.15) is 24.8 Å². The number of hydrogen-bond donors (Lipinski definition) is 2. The van der Waals surface area contributed by atoms with E-state index in [0.717, 1.165) is 12.0 Å². The maximum atomic E-state index is 12.8. The van der Waals surface area contributed by atoms with Gasteiger partial charge < -0.3 is 15.2 Å². The van der Waals surface area contributed by atoms with Gasteiger partial charge in [0.1, 0.15) is 0 Å². The van der Waals surface area contributed by atoms with E-state index in [1.54, 1.807) is 18.2 Å². The van der Waals surface area contributed by atoms with Crippen LogP contribution in [0.4, 0.5) is 0 Å². The minimum absolute atomic E-state index is 0.120. The van der Waals surface area contributed by atoms with E-state index >= 15 is 0 Å². The van der Waals surface area contributed by atoms with Crippen LogP contribution >= 0.6 is 23.2 Å². The average molecular weight is 372 g/mol. The molecule has 1 aromatic rings. The third-order valence-corrected chi connectivity index (χ3v) is 4.98. The number of carbonyl (C=O) groups excluding carboxylic acids is 1. The smallest absolute Gasteiger partial charge is 0.328 e. The molecule has 1 fully saturated rings. The summed E-state index contributed by atoms with van der Waals surface area (Å²) in [6, 6.07) is 3.97. The summed E-state index contributed by atoms with van der Waals surface area (Å²) >= 11 is 12.0. The molecule has 24 heavy (non-hydrogen) atoms. The highest BCUT2D eigenvalue weighted by atomic mass is 35.5. The molecule has 0 bridgehead atoms. The molecule has 1 unspecified atom stereocenters. The molecule has 5 nitrogen and oxygen atoms in total. The number of ether oxygens (including phenoxy) is 1. The fourth-order valence-electron chi connectivity index (χ4n) is 2.71. The molecule has 0 heterocycles. The molecule has 7 heteroatoms. The van der Waals surface area contributed by atoms with Gasteiger partial charge in [-0.15, -0.1) is 6.58 Å². The Balaban J connectivity index is 2.16. The SMILES string of the molecule is C=CCOCC(NC(=O)C1(c2ccc(Cl)c(Cl)c2)CCC1)C(=O)O. The summed E-state index contributed by atoms with van der Waals surface area (Å²) in [6.07, 6.45) is 3.68. The molecular weight excluding hydrogens is 353 g/mol. The Morgan fingerprint density at radius 3 is 2.58 bits per heavy atom. The molecule has 130 valence electrons. The Labute approximate surface area is 150 Å². The minimum Gasteiger partial charge on any atom is -0.480 e. The normalized spacial score (nSPS) is 16.8. The number of halogens is 2. The quantitative estimate of drug-likeness (QED) is 0.543. The first-order valence-electron chi connectivity index (χ1n) is 7.58. The number of carboxylic acids is 1. The first-order chi connectivity index (χ1) is 11.4. The van der Waals surface area contributed by atoms with Gasteiger partial charge in [0, 0.05) is 0 Å². The highest BCUT2D eigenvalue weighted by molar-refractivity contribution is 6.42. The van der Waals surface area contributed by atoms with E-state index < -0.39 is 17.4 Å². The van der Waals surface area contributed by atoms with Gasteiger partial charge in [-0.25, -0.2) is 4.79 Å². The van der Waals surface area contributed by atoms with Gasteiger partial charge in [-0.2, -0.15) is 0 Å². The maximum absolute atomic E-state index is 12.8. The van der Waals surface area contributed by atoms with E-state index in [1.165, 1.54) is 6.08 Å². The molecule has 0 saturated heterocycles. The molecule has 1 aliphatic carbocycles. The second-order valence-electron chi connectivity index (χ2n) is 5.75. The lowest BCUT2D eigenvalue weighted by Gasteiger charge is -2.41. The minimum atomic E-state index is -1.14. The largest absolute Gasteiger partial charge is 0.480 e. The summed E-state index contributed by atoms with van der Waals surface area (Å²) in [4.78, 5) is 24.1. The van der Waals surface area contributed by atoms with Crippen molar-refractivity contribution >= 4 is 35.1 Å². The van der Waals surface area contributed by atoms with Crippen LogP contribution in [0, 0.1) is 0 Å². The number of aliphatic carboxylic acids is 1. The number of rotatable bonds is 8. The summed E-state index contributed by atoms with van der Waals surface area (Å²) in [5.41, 5.74) is -0.0165. The van der Waals surface area contributed by atoms with E-state index in [1.807, 2.05) is 0 Å². The summed E-state index contributed by atoms with van der Waals surface area (Å²) in [6.45, 7) is 3.60. The Kier molecular flexibility index (Phi) is 6.27. The van der Waals surface area contributed by atoms with Crippen molar-refractivity contribution in [1.82, 2.24) is 5.32 Å². The van der Waals surface area contributed by atoms with Crippen LogP contribution in [-0.2, 0) is 19.7 Å². The number of carboxylic acid groups (broad SMARTS) is 1. The molecule has 1 atom stereocenters. The van der Waals surface area contributed by atoms with Crippen LogP contribution in [0.2, 0.25) is 10.0 Å². The Morgan fingerprint density at radius 2 is 2.08 bits per heavy atom. The summed E-state index contributed by atoms with van der Waals surface area (Å²) in [7, 11) is 0. The van der Waals surface area contributed by atoms with E-state index in [0.29, 0.717) is 22.9 Å². The molecule has 0 radical (unpaired) electrons. The van der Waals surface area contributed by atoms with Crippen molar-refractivity contribution in [3.63, 3.8) is 0 Å². The van der Waals surface area contributed by atoms with Gasteiger partial charge in [0.25, 0.3) is 0 Å². The monoisotopic (exact) mass is 371 g/mol. The Morgan fingerprint density at radius 1 is 1.38 bits per heavy atom. The van der Waals surface area contributed by atoms with E-state index in [4.69, 9.17) is 27.9 Å². The number of benzene rings is 1. The molecule has 2 rings (SSSR count). The van der Waals surface area contributed by atoms with Crippen molar-refractivity contribution in [2.24, 2.45) is 0 Å². The van der Waals surface area contributed by atoms with Crippen molar-refractivity contribution in [2.75, 3.05) is 13.2 Å². The summed E-state index contributed by atoms with van der Waals surface area (Å²) in [5.74, 6) is -1.47. The molecule has 0 spiro atoms. The van der Waals surface area contributed by atoms with E-state index in [-0.39, 0.29) is 19.1 Å². The fourth-order valence-corrected chi connectivity index (χ4v) is 3.01. The van der Waals surface area contributed by atoms with Crippen LogP contribution in [0.25, 0.3) is 0 Å². The van der Waals surface area contributed by atoms with Crippen LogP contribution in [0.15, 0.2) is 30.9 Å². The molecule has 1 aliphatic rings. The molecular formula is C17H19Cl2NO4. The van der Waals surface area contributed by atoms with Crippen LogP contribution in [0.5, 0.6) is 0 Å². The first kappa shape index (κ1) is 18.8. The molecule has 1 saturated carbocycles. The highest BCUT2D eigenvalue weighted by Gasteiger charge is 2.46. The van der Waals surface area contributed by atoms with E-state index in [2.05, 4.69) is 11.9 Å². The van der Waals surface area contributed by atoms with Crippen LogP contribution in [0.3, 0.4) is 0 Å². The summed E-state index contributed by atoms with van der Waals surface area (Å²) < 4.78 is 5.16. The third kappa shape index (κ3) is 3.91. The molecule has 1 amide bonds. The van der Waals surface area contributed by atoms with Gasteiger partial charge in [-0.1, -0.05) is 41.8 Å². The van der Waals surface area contributed by atoms with Crippen molar-refractivity contribution < 1.29 is 19.4 Å². The van der Waals surface area contributed by atoms with Gasteiger partial charge in [0.05, 0.1) is 28.7 Å². The zero-order valence-corrected chi connectivity index (χ0v) is 14.6. The van der Waals surface area contributed by atoms with Gasteiger partial charge >= 0.3 is 5.97 Å². The van der Waals surface area contributed by atoms with Crippen molar-refractivity contribution in [3.05, 3.63) is 46.5 Å². The van der Waals surface area contributed by atoms with Gasteiger partial charge in [-0.05, 0) is 30.5 Å². The zero-order chi connectivity index (χ0) is 17.7. The first-order valence-corrected chi connectivity index (χ1v) is 8.34. The van der Waals surface area contributed by atoms with Crippen molar-refractivity contribution in [1.29, 1.82) is 0 Å². The fraction of sp³-hybridized carbons (Fsp3) is 0.412. The van der Waals surface area contributed by atoms with Crippen molar-refractivity contribution in [3.8, 4) is 0 Å². The molecule has 0 aromatic heterocycles. The van der Waals surface area contributed by atoms with Crippen LogP contribution in [-0.4, -0.2) is 36.2 Å². The van der Waals surface area contributed by atoms with Crippen molar-refractivity contribution in [2.45, 2.75) is 30.7 Å². The lowest BCUT2D eigenvalue weighted by atomic mass is 9.63. The van der Waals surface area contributed by atoms with Crippen LogP contribution < -0.4 is 5.32 Å². The Hall–Kier alpha value is -1.56. The average Bonchev–Trinajstić information content (AvgIpc) is 2.48. The topological polar surface area (TPSA) is 75.6 Å². The standard InChI is InChI=1S/C17H19Cl2NO4/c1-2-8-24-10-14(15(21)22)20-16(23)17(6-3-7-17)11-4-5-12(18)13(19)9-11/h2,4-5,9,14H,1,3,6-8,10H2,(H,20,23)(H,21,22). The number of amides is 1. The number of hydrogen-bond acceptors (Lipinski definition) is 3. The van der Waals surface area contributed by atoms with Gasteiger partial charge in [0.15, 0.2) is 6.04 Å². The lowest BCUT2D eigenvalue weighted by Crippen LogP contribution is -2.55. The predicted octanol–water partition coefficient (Wildman–Crippen LogP) is 3.19. The van der Waals surface area contributed by atoms with E-state index in [9.17, 15) is 14.7 Å². The number of carbonyl (C=O) groups is 2. The van der Waals surface area contributed by atoms with Gasteiger partial charge in [-0.3, -0.25) is 4.79 Å². The zero-order valence-electron chi connectivity index (χ0n) is 13.1. The molecule has 1 aromatic carbocycles. The van der Waals surface area contributed by atoms with Gasteiger partial charge in [0.2, 0.25) is 5.91 Å². The maximum Gasteiger partial charge on any atom is 0.328 e. The summed E-state index contributed by atoms with van der Waals surface area (Å²) in [5, 5.41) is 12.6. The molecule has 2 N–H and O–H groups in total. The predicted molar refractivity (Wildman–Crippen MR) is 92.6 cm³/mol. The highest BCUT2D eigenvalue weighted by Crippen LogP contribution is 2.45. The number of nitrogens with one attached hydrogen (secondary N) is 1. The molecule has 0 aliphatic heterocycles. The second kappa shape index (κ2) is 8.01.